The molecular weight excluding hydrogens is 234 g/mol. The molecule has 2 rings (SSSR count). The number of aromatic nitrogens is 2. The maximum absolute atomic E-state index is 4.23. The predicted octanol–water partition coefficient (Wildman–Crippen LogP) is 3.49. The summed E-state index contributed by atoms with van der Waals surface area (Å²) < 4.78 is 1.84. The first-order valence-electron chi connectivity index (χ1n) is 6.78. The van der Waals surface area contributed by atoms with E-state index in [2.05, 4.69) is 56.0 Å². The third-order valence-electron chi connectivity index (χ3n) is 3.29. The van der Waals surface area contributed by atoms with Crippen molar-refractivity contribution in [3.05, 3.63) is 36.2 Å². The molecule has 0 radical (unpaired) electrons. The van der Waals surface area contributed by atoms with Gasteiger partial charge in [-0.25, -0.2) is 0 Å². The Balaban J connectivity index is 2.26. The molecule has 1 aromatic carbocycles. The van der Waals surface area contributed by atoms with E-state index < -0.39 is 0 Å². The Hall–Kier alpha value is -1.77. The first-order chi connectivity index (χ1) is 8.97. The molecular formula is C16H23N3. The van der Waals surface area contributed by atoms with Crippen LogP contribution in [0.2, 0.25) is 0 Å². The molecule has 3 nitrogen and oxygen atoms in total. The zero-order valence-electron chi connectivity index (χ0n) is 12.5. The average Bonchev–Trinajstić information content (AvgIpc) is 2.74. The van der Waals surface area contributed by atoms with Crippen LogP contribution >= 0.6 is 0 Å². The predicted molar refractivity (Wildman–Crippen MR) is 81.5 cm³/mol. The van der Waals surface area contributed by atoms with Crippen LogP contribution in [-0.4, -0.2) is 23.4 Å². The van der Waals surface area contributed by atoms with Gasteiger partial charge in [-0.3, -0.25) is 4.68 Å². The highest BCUT2D eigenvalue weighted by Gasteiger charge is 2.08. The molecule has 0 spiro atoms. The summed E-state index contributed by atoms with van der Waals surface area (Å²) >= 11 is 0. The lowest BCUT2D eigenvalue weighted by atomic mass is 10.0. The molecule has 1 aromatic heterocycles. The highest BCUT2D eigenvalue weighted by molar-refractivity contribution is 5.67. The number of hydrogen-bond acceptors (Lipinski definition) is 2. The second-order valence-corrected chi connectivity index (χ2v) is 5.68. The van der Waals surface area contributed by atoms with Crippen LogP contribution in [0.3, 0.4) is 0 Å². The van der Waals surface area contributed by atoms with Crippen molar-refractivity contribution in [1.29, 1.82) is 0 Å². The molecule has 0 aliphatic carbocycles. The fourth-order valence-electron chi connectivity index (χ4n) is 2.48. The van der Waals surface area contributed by atoms with Crippen LogP contribution in [-0.2, 0) is 7.05 Å². The maximum Gasteiger partial charge on any atom is 0.0568 e. The summed E-state index contributed by atoms with van der Waals surface area (Å²) in [6.07, 6.45) is 3.96. The van der Waals surface area contributed by atoms with Crippen LogP contribution in [0.15, 0.2) is 30.6 Å². The van der Waals surface area contributed by atoms with Gasteiger partial charge in [0.15, 0.2) is 0 Å². The Bertz CT molecular complexity index is 555. The van der Waals surface area contributed by atoms with E-state index in [9.17, 15) is 0 Å². The van der Waals surface area contributed by atoms with Crippen molar-refractivity contribution in [3.8, 4) is 11.1 Å². The van der Waals surface area contributed by atoms with Crippen molar-refractivity contribution < 1.29 is 0 Å². The van der Waals surface area contributed by atoms with Crippen LogP contribution in [0.1, 0.15) is 19.4 Å². The molecule has 0 bridgehead atoms. The topological polar surface area (TPSA) is 21.1 Å². The highest BCUT2D eigenvalue weighted by Crippen LogP contribution is 2.26. The summed E-state index contributed by atoms with van der Waals surface area (Å²) in [6, 6.07) is 6.62. The third-order valence-corrected chi connectivity index (χ3v) is 3.29. The molecule has 0 N–H and O–H groups in total. The van der Waals surface area contributed by atoms with E-state index in [-0.39, 0.29) is 0 Å². The van der Waals surface area contributed by atoms with Gasteiger partial charge in [-0.05, 0) is 36.1 Å². The molecule has 0 saturated carbocycles. The van der Waals surface area contributed by atoms with E-state index in [1.165, 1.54) is 22.4 Å². The molecule has 0 atom stereocenters. The minimum absolute atomic E-state index is 0.669. The van der Waals surface area contributed by atoms with Crippen molar-refractivity contribution in [2.75, 3.05) is 18.5 Å². The first kappa shape index (κ1) is 13.7. The Morgan fingerprint density at radius 2 is 2.00 bits per heavy atom. The van der Waals surface area contributed by atoms with Crippen molar-refractivity contribution in [2.24, 2.45) is 13.0 Å². The molecule has 0 unspecified atom stereocenters. The molecule has 3 heteroatoms. The number of aryl methyl sites for hydroxylation is 2. The zero-order valence-corrected chi connectivity index (χ0v) is 12.5. The van der Waals surface area contributed by atoms with E-state index >= 15 is 0 Å². The van der Waals surface area contributed by atoms with Gasteiger partial charge >= 0.3 is 0 Å². The summed E-state index contributed by atoms with van der Waals surface area (Å²) in [5, 5.41) is 4.23. The van der Waals surface area contributed by atoms with Gasteiger partial charge < -0.3 is 4.90 Å². The number of hydrogen-bond donors (Lipinski definition) is 0. The summed E-state index contributed by atoms with van der Waals surface area (Å²) in [4.78, 5) is 2.33. The lowest BCUT2D eigenvalue weighted by Gasteiger charge is -2.23. The van der Waals surface area contributed by atoms with E-state index in [0.717, 1.165) is 6.54 Å². The van der Waals surface area contributed by atoms with Crippen LogP contribution in [0.5, 0.6) is 0 Å². The van der Waals surface area contributed by atoms with Gasteiger partial charge in [0, 0.05) is 38.1 Å². The molecule has 102 valence electrons. The average molecular weight is 257 g/mol. The normalized spacial score (nSPS) is 11.1. The monoisotopic (exact) mass is 257 g/mol. The maximum atomic E-state index is 4.23. The Kier molecular flexibility index (Phi) is 3.93. The summed E-state index contributed by atoms with van der Waals surface area (Å²) in [5.41, 5.74) is 5.02. The van der Waals surface area contributed by atoms with Crippen LogP contribution in [0, 0.1) is 12.8 Å². The molecule has 0 amide bonds. The van der Waals surface area contributed by atoms with Gasteiger partial charge in [0.1, 0.15) is 0 Å². The number of nitrogens with zero attached hydrogens (tertiary/aromatic N) is 3. The molecule has 0 fully saturated rings. The zero-order chi connectivity index (χ0) is 14.0. The van der Waals surface area contributed by atoms with Gasteiger partial charge in [-0.2, -0.15) is 5.10 Å². The number of anilines is 1. The minimum atomic E-state index is 0.669. The van der Waals surface area contributed by atoms with Crippen molar-refractivity contribution >= 4 is 5.69 Å². The second-order valence-electron chi connectivity index (χ2n) is 5.68. The Labute approximate surface area is 115 Å². The second kappa shape index (κ2) is 5.47. The Morgan fingerprint density at radius 3 is 2.53 bits per heavy atom. The van der Waals surface area contributed by atoms with Gasteiger partial charge in [-0.15, -0.1) is 0 Å². The molecule has 0 saturated heterocycles. The van der Waals surface area contributed by atoms with Gasteiger partial charge in [0.05, 0.1) is 6.20 Å². The van der Waals surface area contributed by atoms with Crippen molar-refractivity contribution in [2.45, 2.75) is 20.8 Å². The SMILES string of the molecule is Cc1cc(-c2cnn(C)c2)ccc1N(C)CC(C)C. The third kappa shape index (κ3) is 3.16. The van der Waals surface area contributed by atoms with Crippen LogP contribution < -0.4 is 4.90 Å². The lowest BCUT2D eigenvalue weighted by molar-refractivity contribution is 0.638. The number of benzene rings is 1. The molecule has 1 heterocycles. The number of rotatable bonds is 4. The van der Waals surface area contributed by atoms with Gasteiger partial charge in [0.25, 0.3) is 0 Å². The smallest absolute Gasteiger partial charge is 0.0568 e. The van der Waals surface area contributed by atoms with Gasteiger partial charge in [0.2, 0.25) is 0 Å². The van der Waals surface area contributed by atoms with Crippen LogP contribution in [0.4, 0.5) is 5.69 Å². The standard InChI is InChI=1S/C16H23N3/c1-12(2)10-18(4)16-7-6-14(8-13(16)3)15-9-17-19(5)11-15/h6-9,11-12H,10H2,1-5H3. The van der Waals surface area contributed by atoms with Crippen molar-refractivity contribution in [3.63, 3.8) is 0 Å². The molecule has 0 aliphatic rings. The van der Waals surface area contributed by atoms with Crippen LogP contribution in [0.25, 0.3) is 11.1 Å². The lowest BCUT2D eigenvalue weighted by Crippen LogP contribution is -2.23. The van der Waals surface area contributed by atoms with E-state index in [1.54, 1.807) is 0 Å². The highest BCUT2D eigenvalue weighted by atomic mass is 15.2. The molecule has 19 heavy (non-hydrogen) atoms. The summed E-state index contributed by atoms with van der Waals surface area (Å²) in [7, 11) is 4.10. The quantitative estimate of drug-likeness (QED) is 0.836. The first-order valence-corrected chi connectivity index (χ1v) is 6.78. The molecule has 2 aromatic rings. The van der Waals surface area contributed by atoms with E-state index in [0.29, 0.717) is 5.92 Å². The summed E-state index contributed by atoms with van der Waals surface area (Å²) in [6.45, 7) is 7.74. The van der Waals surface area contributed by atoms with Crippen molar-refractivity contribution in [1.82, 2.24) is 9.78 Å². The fourth-order valence-corrected chi connectivity index (χ4v) is 2.48. The molecule has 0 aliphatic heterocycles. The van der Waals surface area contributed by atoms with E-state index in [1.807, 2.05) is 24.1 Å². The van der Waals surface area contributed by atoms with E-state index in [4.69, 9.17) is 0 Å². The minimum Gasteiger partial charge on any atom is -0.374 e. The fraction of sp³-hybridized carbons (Fsp3) is 0.438. The van der Waals surface area contributed by atoms with Gasteiger partial charge in [-0.1, -0.05) is 19.9 Å². The largest absolute Gasteiger partial charge is 0.374 e. The Morgan fingerprint density at radius 1 is 1.26 bits per heavy atom. The summed E-state index contributed by atoms with van der Waals surface area (Å²) in [5.74, 6) is 0.669.